The second-order valence-electron chi connectivity index (χ2n) is 1.93. The Morgan fingerprint density at radius 2 is 1.73 bits per heavy atom. The number of carbonyl (C=O) groups is 1. The van der Waals surface area contributed by atoms with E-state index < -0.39 is 5.97 Å². The van der Waals surface area contributed by atoms with Crippen LogP contribution in [0.4, 0.5) is 5.69 Å². The molecule has 4 heteroatoms. The molecule has 0 unspecified atom stereocenters. The Morgan fingerprint density at radius 1 is 1.27 bits per heavy atom. The van der Waals surface area contributed by atoms with E-state index in [1.54, 1.807) is 12.1 Å². The third-order valence-electron chi connectivity index (χ3n) is 1.16. The molecule has 3 N–H and O–H groups in total. The Hall–Kier alpha value is -0.315. The molecule has 1 aromatic carbocycles. The third kappa shape index (κ3) is 3.05. The number of aromatic carboxylic acids is 1. The van der Waals surface area contributed by atoms with Gasteiger partial charge in [0.25, 0.3) is 0 Å². The molecule has 0 aliphatic rings. The first-order valence-corrected chi connectivity index (χ1v) is 2.79. The largest absolute Gasteiger partial charge is 0.478 e. The number of hydrogen-bond acceptors (Lipinski definition) is 2. The van der Waals surface area contributed by atoms with Crippen molar-refractivity contribution in [3.05, 3.63) is 29.8 Å². The predicted molar refractivity (Wildman–Crippen MR) is 37.8 cm³/mol. The van der Waals surface area contributed by atoms with Crippen molar-refractivity contribution < 1.29 is 45.5 Å². The summed E-state index contributed by atoms with van der Waals surface area (Å²) in [6, 6.07) is 6.06. The van der Waals surface area contributed by atoms with Crippen LogP contribution in [0.2, 0.25) is 0 Å². The van der Waals surface area contributed by atoms with Gasteiger partial charge in [0.1, 0.15) is 0 Å². The van der Waals surface area contributed by atoms with Gasteiger partial charge in [-0.2, -0.15) is 0 Å². The molecule has 1 radical (unpaired) electrons. The molecule has 1 rings (SSSR count). The van der Waals surface area contributed by atoms with Crippen LogP contribution in [0.3, 0.4) is 0 Å². The fraction of sp³-hybridized carbons (Fsp3) is 0. The number of benzene rings is 1. The number of nitrogens with two attached hydrogens (primary N) is 1. The normalized spacial score (nSPS) is 8.36. The molecule has 0 spiro atoms. The van der Waals surface area contributed by atoms with Gasteiger partial charge in [0, 0.05) is 41.3 Å². The van der Waals surface area contributed by atoms with Crippen molar-refractivity contribution in [2.75, 3.05) is 5.73 Å². The number of hydrogen-bond donors (Lipinski definition) is 2. The van der Waals surface area contributed by atoms with E-state index in [9.17, 15) is 4.79 Å². The maximum Gasteiger partial charge on any atom is 0.335 e. The molecular formula is C7H7LaNO2. The van der Waals surface area contributed by atoms with E-state index in [-0.39, 0.29) is 41.2 Å². The van der Waals surface area contributed by atoms with Crippen molar-refractivity contribution in [2.24, 2.45) is 0 Å². The molecule has 0 saturated heterocycles. The molecule has 3 nitrogen and oxygen atoms in total. The van der Waals surface area contributed by atoms with Gasteiger partial charge in [-0.1, -0.05) is 0 Å². The maximum atomic E-state index is 10.3. The Labute approximate surface area is 92.2 Å². The van der Waals surface area contributed by atoms with Gasteiger partial charge in [-0.15, -0.1) is 0 Å². The average molecular weight is 276 g/mol. The quantitative estimate of drug-likeness (QED) is 0.751. The standard InChI is InChI=1S/C7H7NO2.La/c8-6-3-1-5(2-4-6)7(9)10;/h1-4H,8H2,(H,9,10);. The van der Waals surface area contributed by atoms with E-state index in [0.29, 0.717) is 5.69 Å². The minimum atomic E-state index is -0.931. The van der Waals surface area contributed by atoms with Gasteiger partial charge >= 0.3 is 5.97 Å². The predicted octanol–water partition coefficient (Wildman–Crippen LogP) is 0.967. The summed E-state index contributed by atoms with van der Waals surface area (Å²) in [5, 5.41) is 8.43. The third-order valence-corrected chi connectivity index (χ3v) is 1.16. The fourth-order valence-electron chi connectivity index (χ4n) is 0.626. The molecule has 0 atom stereocenters. The first-order chi connectivity index (χ1) is 4.70. The SMILES string of the molecule is Nc1ccc(C(=O)O)cc1.[La]. The van der Waals surface area contributed by atoms with Crippen LogP contribution in [0.15, 0.2) is 24.3 Å². The second-order valence-corrected chi connectivity index (χ2v) is 1.93. The molecule has 55 valence electrons. The molecule has 0 aliphatic heterocycles. The zero-order valence-electron chi connectivity index (χ0n) is 5.82. The van der Waals surface area contributed by atoms with Crippen LogP contribution >= 0.6 is 0 Å². The first kappa shape index (κ1) is 10.7. The van der Waals surface area contributed by atoms with Gasteiger partial charge in [0.2, 0.25) is 0 Å². The van der Waals surface area contributed by atoms with Crippen molar-refractivity contribution in [3.63, 3.8) is 0 Å². The molecule has 0 aromatic heterocycles. The zero-order chi connectivity index (χ0) is 7.56. The van der Waals surface area contributed by atoms with Crippen LogP contribution in [0.5, 0.6) is 0 Å². The molecule has 0 heterocycles. The smallest absolute Gasteiger partial charge is 0.335 e. The van der Waals surface area contributed by atoms with E-state index in [4.69, 9.17) is 10.8 Å². The summed E-state index contributed by atoms with van der Waals surface area (Å²) < 4.78 is 0. The molecule has 0 fully saturated rings. The topological polar surface area (TPSA) is 63.3 Å². The Bertz CT molecular complexity index is 245. The zero-order valence-corrected chi connectivity index (χ0v) is 9.45. The van der Waals surface area contributed by atoms with Crippen molar-refractivity contribution >= 4 is 11.7 Å². The van der Waals surface area contributed by atoms with Crippen LogP contribution < -0.4 is 5.73 Å². The molecule has 0 bridgehead atoms. The summed E-state index contributed by atoms with van der Waals surface area (Å²) in [5.74, 6) is -0.931. The van der Waals surface area contributed by atoms with Gasteiger partial charge in [0.05, 0.1) is 5.56 Å². The van der Waals surface area contributed by atoms with Crippen molar-refractivity contribution in [1.29, 1.82) is 0 Å². The van der Waals surface area contributed by atoms with Gasteiger partial charge < -0.3 is 10.8 Å². The van der Waals surface area contributed by atoms with Crippen molar-refractivity contribution in [2.45, 2.75) is 0 Å². The van der Waals surface area contributed by atoms with E-state index in [2.05, 4.69) is 0 Å². The molecule has 1 aromatic rings. The van der Waals surface area contributed by atoms with Gasteiger partial charge in [-0.05, 0) is 24.3 Å². The van der Waals surface area contributed by atoms with E-state index in [1.165, 1.54) is 12.1 Å². The monoisotopic (exact) mass is 276 g/mol. The fourth-order valence-corrected chi connectivity index (χ4v) is 0.626. The summed E-state index contributed by atoms with van der Waals surface area (Å²) in [6.07, 6.45) is 0. The molecule has 0 amide bonds. The average Bonchev–Trinajstić information content (AvgIpc) is 1.88. The number of carboxylic acids is 1. The molecule has 0 aliphatic carbocycles. The number of anilines is 1. The van der Waals surface area contributed by atoms with E-state index in [1.807, 2.05) is 0 Å². The molecular weight excluding hydrogens is 269 g/mol. The van der Waals surface area contributed by atoms with Crippen LogP contribution in [-0.2, 0) is 0 Å². The van der Waals surface area contributed by atoms with Crippen LogP contribution in [0.25, 0.3) is 0 Å². The van der Waals surface area contributed by atoms with Crippen LogP contribution in [0, 0.1) is 35.6 Å². The molecule has 11 heavy (non-hydrogen) atoms. The van der Waals surface area contributed by atoms with Crippen LogP contribution in [0.1, 0.15) is 10.4 Å². The number of carboxylic acid groups (broad SMARTS) is 1. The summed E-state index contributed by atoms with van der Waals surface area (Å²) in [4.78, 5) is 10.3. The minimum Gasteiger partial charge on any atom is -0.478 e. The second kappa shape index (κ2) is 4.54. The Kier molecular flexibility index (Phi) is 4.41. The van der Waals surface area contributed by atoms with E-state index >= 15 is 0 Å². The van der Waals surface area contributed by atoms with Gasteiger partial charge in [-0.3, -0.25) is 0 Å². The minimum absolute atomic E-state index is 0. The van der Waals surface area contributed by atoms with Gasteiger partial charge in [0.15, 0.2) is 0 Å². The summed E-state index contributed by atoms with van der Waals surface area (Å²) in [6.45, 7) is 0. The Morgan fingerprint density at radius 3 is 2.09 bits per heavy atom. The summed E-state index contributed by atoms with van der Waals surface area (Å²) in [7, 11) is 0. The Balaban J connectivity index is 0.000001000. The van der Waals surface area contributed by atoms with Gasteiger partial charge in [-0.25, -0.2) is 4.79 Å². The van der Waals surface area contributed by atoms with E-state index in [0.717, 1.165) is 0 Å². The molecule has 0 saturated carbocycles. The van der Waals surface area contributed by atoms with Crippen molar-refractivity contribution in [1.82, 2.24) is 0 Å². The van der Waals surface area contributed by atoms with Crippen LogP contribution in [-0.4, -0.2) is 11.1 Å². The summed E-state index contributed by atoms with van der Waals surface area (Å²) in [5.41, 5.74) is 6.17. The van der Waals surface area contributed by atoms with Crippen molar-refractivity contribution in [3.8, 4) is 0 Å². The number of rotatable bonds is 1. The summed E-state index contributed by atoms with van der Waals surface area (Å²) >= 11 is 0. The number of nitrogen functional groups attached to an aromatic ring is 1. The first-order valence-electron chi connectivity index (χ1n) is 2.79. The maximum absolute atomic E-state index is 10.3.